The SMILES string of the molecule is CCN(CC)CCCN1C(=O)C(=O)C(=C(O)c2ccc(OC)cc2)[C@H]1c1ccc(C(C)C)cc1. The van der Waals surface area contributed by atoms with E-state index in [0.29, 0.717) is 23.8 Å². The second kappa shape index (κ2) is 11.3. The molecule has 1 saturated heterocycles. The molecule has 1 amide bonds. The fraction of sp³-hybridized carbons (Fsp3) is 0.429. The number of likely N-dealkylation sites (tertiary alicyclic amines) is 1. The molecule has 1 N–H and O–H groups in total. The minimum absolute atomic E-state index is 0.135. The maximum atomic E-state index is 13.2. The van der Waals surface area contributed by atoms with E-state index in [9.17, 15) is 14.7 Å². The van der Waals surface area contributed by atoms with Crippen LogP contribution in [0.5, 0.6) is 5.75 Å². The predicted molar refractivity (Wildman–Crippen MR) is 135 cm³/mol. The monoisotopic (exact) mass is 464 g/mol. The lowest BCUT2D eigenvalue weighted by Crippen LogP contribution is -2.33. The Morgan fingerprint density at radius 2 is 1.65 bits per heavy atom. The molecule has 2 aromatic carbocycles. The minimum Gasteiger partial charge on any atom is -0.507 e. The van der Waals surface area contributed by atoms with E-state index in [1.165, 1.54) is 5.56 Å². The molecule has 34 heavy (non-hydrogen) atoms. The molecule has 6 nitrogen and oxygen atoms in total. The third kappa shape index (κ3) is 5.33. The summed E-state index contributed by atoms with van der Waals surface area (Å²) in [5.41, 5.74) is 2.61. The number of benzene rings is 2. The molecule has 1 atom stereocenters. The summed E-state index contributed by atoms with van der Waals surface area (Å²) in [6, 6.07) is 14.2. The summed E-state index contributed by atoms with van der Waals surface area (Å²) in [7, 11) is 1.57. The smallest absolute Gasteiger partial charge is 0.295 e. The summed E-state index contributed by atoms with van der Waals surface area (Å²) in [6.07, 6.45) is 0.748. The van der Waals surface area contributed by atoms with Gasteiger partial charge in [-0.3, -0.25) is 9.59 Å². The Bertz CT molecular complexity index is 1020. The molecule has 6 heteroatoms. The number of hydrogen-bond acceptors (Lipinski definition) is 5. The number of methoxy groups -OCH3 is 1. The Morgan fingerprint density at radius 1 is 1.03 bits per heavy atom. The van der Waals surface area contributed by atoms with Crippen LogP contribution in [0.1, 0.15) is 62.8 Å². The number of nitrogens with zero attached hydrogens (tertiary/aromatic N) is 2. The Labute approximate surface area is 202 Å². The largest absolute Gasteiger partial charge is 0.507 e. The van der Waals surface area contributed by atoms with Crippen LogP contribution < -0.4 is 4.74 Å². The first-order valence-electron chi connectivity index (χ1n) is 12.1. The van der Waals surface area contributed by atoms with E-state index in [4.69, 9.17) is 4.74 Å². The van der Waals surface area contributed by atoms with Crippen molar-refractivity contribution in [2.75, 3.05) is 33.3 Å². The number of carbonyl (C=O) groups is 2. The van der Waals surface area contributed by atoms with Gasteiger partial charge in [0.1, 0.15) is 11.5 Å². The lowest BCUT2D eigenvalue weighted by molar-refractivity contribution is -0.140. The Balaban J connectivity index is 2.03. The van der Waals surface area contributed by atoms with Gasteiger partial charge in [-0.25, -0.2) is 0 Å². The van der Waals surface area contributed by atoms with Crippen molar-refractivity contribution in [1.29, 1.82) is 0 Å². The second-order valence-electron chi connectivity index (χ2n) is 8.92. The Hall–Kier alpha value is -3.12. The number of aliphatic hydroxyl groups excluding tert-OH is 1. The number of Topliss-reactive ketones (excluding diaryl/α,β-unsaturated/α-hetero) is 1. The Morgan fingerprint density at radius 3 is 2.18 bits per heavy atom. The van der Waals surface area contributed by atoms with E-state index in [-0.39, 0.29) is 11.3 Å². The van der Waals surface area contributed by atoms with Crippen molar-refractivity contribution in [3.8, 4) is 5.75 Å². The number of ketones is 1. The number of ether oxygens (including phenoxy) is 1. The van der Waals surface area contributed by atoms with Crippen molar-refractivity contribution in [3.05, 3.63) is 70.8 Å². The summed E-state index contributed by atoms with van der Waals surface area (Å²) in [5.74, 6) is -0.352. The second-order valence-corrected chi connectivity index (χ2v) is 8.92. The van der Waals surface area contributed by atoms with Crippen molar-refractivity contribution >= 4 is 17.4 Å². The molecule has 1 fully saturated rings. The summed E-state index contributed by atoms with van der Waals surface area (Å²) in [5, 5.41) is 11.2. The zero-order chi connectivity index (χ0) is 24.8. The molecular formula is C28H36N2O4. The fourth-order valence-electron chi connectivity index (χ4n) is 4.43. The fourth-order valence-corrected chi connectivity index (χ4v) is 4.43. The lowest BCUT2D eigenvalue weighted by atomic mass is 9.93. The van der Waals surface area contributed by atoms with Gasteiger partial charge in [-0.1, -0.05) is 52.0 Å². The van der Waals surface area contributed by atoms with Crippen molar-refractivity contribution < 1.29 is 19.4 Å². The van der Waals surface area contributed by atoms with Crippen LogP contribution in [0.2, 0.25) is 0 Å². The normalized spacial score (nSPS) is 17.7. The van der Waals surface area contributed by atoms with Gasteiger partial charge in [0.2, 0.25) is 0 Å². The molecule has 0 saturated carbocycles. The molecular weight excluding hydrogens is 428 g/mol. The van der Waals surface area contributed by atoms with Crippen LogP contribution in [-0.2, 0) is 9.59 Å². The van der Waals surface area contributed by atoms with Gasteiger partial charge in [0.05, 0.1) is 18.7 Å². The quantitative estimate of drug-likeness (QED) is 0.305. The molecule has 0 aromatic heterocycles. The molecule has 0 bridgehead atoms. The van der Waals surface area contributed by atoms with Crippen LogP contribution in [0, 0.1) is 0 Å². The molecule has 0 unspecified atom stereocenters. The molecule has 0 aliphatic carbocycles. The average molecular weight is 465 g/mol. The third-order valence-corrected chi connectivity index (χ3v) is 6.59. The number of aliphatic hydroxyl groups is 1. The summed E-state index contributed by atoms with van der Waals surface area (Å²) < 4.78 is 5.20. The van der Waals surface area contributed by atoms with Crippen LogP contribution in [-0.4, -0.2) is 59.9 Å². The molecule has 2 aromatic rings. The molecule has 3 rings (SSSR count). The molecule has 182 valence electrons. The first kappa shape index (κ1) is 25.5. The number of carbonyl (C=O) groups excluding carboxylic acids is 2. The maximum Gasteiger partial charge on any atom is 0.295 e. The van der Waals surface area contributed by atoms with Gasteiger partial charge in [-0.05, 0) is 67.4 Å². The van der Waals surface area contributed by atoms with Crippen LogP contribution >= 0.6 is 0 Å². The first-order valence-corrected chi connectivity index (χ1v) is 12.1. The van der Waals surface area contributed by atoms with Crippen LogP contribution in [0.4, 0.5) is 0 Å². The van der Waals surface area contributed by atoms with E-state index in [1.54, 1.807) is 36.3 Å². The van der Waals surface area contributed by atoms with Crippen LogP contribution in [0.15, 0.2) is 54.1 Å². The van der Waals surface area contributed by atoms with Crippen molar-refractivity contribution in [2.45, 2.75) is 46.1 Å². The maximum absolute atomic E-state index is 13.2. The zero-order valence-electron chi connectivity index (χ0n) is 20.9. The van der Waals surface area contributed by atoms with Crippen molar-refractivity contribution in [1.82, 2.24) is 9.80 Å². The number of amides is 1. The van der Waals surface area contributed by atoms with Crippen LogP contribution in [0.3, 0.4) is 0 Å². The van der Waals surface area contributed by atoms with E-state index in [1.807, 2.05) is 24.3 Å². The van der Waals surface area contributed by atoms with E-state index in [2.05, 4.69) is 32.6 Å². The van der Waals surface area contributed by atoms with Gasteiger partial charge < -0.3 is 19.6 Å². The van der Waals surface area contributed by atoms with Gasteiger partial charge in [0.15, 0.2) is 0 Å². The minimum atomic E-state index is -0.644. The van der Waals surface area contributed by atoms with Gasteiger partial charge >= 0.3 is 0 Å². The van der Waals surface area contributed by atoms with E-state index in [0.717, 1.165) is 31.6 Å². The summed E-state index contributed by atoms with van der Waals surface area (Å²) >= 11 is 0. The molecule has 1 aliphatic heterocycles. The zero-order valence-corrected chi connectivity index (χ0v) is 20.9. The standard InChI is InChI=1S/C28H36N2O4/c1-6-29(7-2)17-8-18-30-25(21-11-9-20(10-12-21)19(3)4)24(27(32)28(30)33)26(31)22-13-15-23(34-5)16-14-22/h9-16,19,25,31H,6-8,17-18H2,1-5H3/t25-/m1/s1. The Kier molecular flexibility index (Phi) is 8.51. The summed E-state index contributed by atoms with van der Waals surface area (Å²) in [6.45, 7) is 11.6. The topological polar surface area (TPSA) is 70.1 Å². The lowest BCUT2D eigenvalue weighted by Gasteiger charge is -2.27. The summed E-state index contributed by atoms with van der Waals surface area (Å²) in [4.78, 5) is 30.2. The van der Waals surface area contributed by atoms with Gasteiger partial charge in [-0.2, -0.15) is 0 Å². The molecule has 0 spiro atoms. The highest BCUT2D eigenvalue weighted by Gasteiger charge is 2.45. The number of hydrogen-bond donors (Lipinski definition) is 1. The predicted octanol–water partition coefficient (Wildman–Crippen LogP) is 4.97. The number of rotatable bonds is 10. The van der Waals surface area contributed by atoms with Crippen LogP contribution in [0.25, 0.3) is 5.76 Å². The molecule has 1 heterocycles. The highest BCUT2D eigenvalue weighted by atomic mass is 16.5. The highest BCUT2D eigenvalue weighted by Crippen LogP contribution is 2.40. The molecule has 1 aliphatic rings. The molecule has 0 radical (unpaired) electrons. The highest BCUT2D eigenvalue weighted by molar-refractivity contribution is 6.46. The van der Waals surface area contributed by atoms with E-state index < -0.39 is 17.7 Å². The van der Waals surface area contributed by atoms with Crippen molar-refractivity contribution in [3.63, 3.8) is 0 Å². The van der Waals surface area contributed by atoms with Crippen molar-refractivity contribution in [2.24, 2.45) is 0 Å². The van der Waals surface area contributed by atoms with Gasteiger partial charge in [0.25, 0.3) is 11.7 Å². The van der Waals surface area contributed by atoms with E-state index >= 15 is 0 Å². The average Bonchev–Trinajstić information content (AvgIpc) is 3.11. The van der Waals surface area contributed by atoms with Gasteiger partial charge in [0, 0.05) is 12.1 Å². The van der Waals surface area contributed by atoms with Gasteiger partial charge in [-0.15, -0.1) is 0 Å². The third-order valence-electron chi connectivity index (χ3n) is 6.59. The first-order chi connectivity index (χ1) is 16.3.